The van der Waals surface area contributed by atoms with E-state index in [2.05, 4.69) is 5.32 Å². The molecular formula is C10H18N2OS. The number of rotatable bonds is 2. The SMILES string of the molecule is CC1NCCN(CC2CCSC2)C1=O. The number of nitrogens with one attached hydrogen (secondary N) is 1. The van der Waals surface area contributed by atoms with E-state index >= 15 is 0 Å². The van der Waals surface area contributed by atoms with Crippen LogP contribution in [0.25, 0.3) is 0 Å². The highest BCUT2D eigenvalue weighted by Gasteiger charge is 2.27. The van der Waals surface area contributed by atoms with E-state index in [1.165, 1.54) is 17.9 Å². The summed E-state index contributed by atoms with van der Waals surface area (Å²) in [5.41, 5.74) is 0. The second-order valence-corrected chi connectivity index (χ2v) is 5.34. The molecule has 3 nitrogen and oxygen atoms in total. The van der Waals surface area contributed by atoms with Crippen LogP contribution in [0.3, 0.4) is 0 Å². The summed E-state index contributed by atoms with van der Waals surface area (Å²) < 4.78 is 0. The number of nitrogens with zero attached hydrogens (tertiary/aromatic N) is 1. The third-order valence-electron chi connectivity index (χ3n) is 3.02. The molecule has 2 heterocycles. The predicted octanol–water partition coefficient (Wildman–Crippen LogP) is 0.560. The Morgan fingerprint density at radius 3 is 3.21 bits per heavy atom. The molecule has 4 heteroatoms. The van der Waals surface area contributed by atoms with Crippen molar-refractivity contribution in [3.63, 3.8) is 0 Å². The lowest BCUT2D eigenvalue weighted by atomic mass is 10.1. The summed E-state index contributed by atoms with van der Waals surface area (Å²) in [5.74, 6) is 3.55. The Morgan fingerprint density at radius 1 is 1.64 bits per heavy atom. The molecule has 0 aromatic carbocycles. The van der Waals surface area contributed by atoms with Crippen molar-refractivity contribution in [2.75, 3.05) is 31.1 Å². The minimum atomic E-state index is 0.0257. The Kier molecular flexibility index (Phi) is 3.34. The molecule has 0 aromatic heterocycles. The molecule has 2 saturated heterocycles. The Morgan fingerprint density at radius 2 is 2.50 bits per heavy atom. The van der Waals surface area contributed by atoms with Gasteiger partial charge in [0.1, 0.15) is 0 Å². The Bertz CT molecular complexity index is 216. The molecule has 0 bridgehead atoms. The van der Waals surface area contributed by atoms with Gasteiger partial charge in [-0.1, -0.05) is 0 Å². The third-order valence-corrected chi connectivity index (χ3v) is 4.25. The monoisotopic (exact) mass is 214 g/mol. The standard InChI is InChI=1S/C10H18N2OS/c1-8-10(13)12(4-3-11-8)6-9-2-5-14-7-9/h8-9,11H,2-7H2,1H3. The zero-order valence-electron chi connectivity index (χ0n) is 8.66. The van der Waals surface area contributed by atoms with Crippen molar-refractivity contribution in [3.8, 4) is 0 Å². The van der Waals surface area contributed by atoms with Crippen molar-refractivity contribution >= 4 is 17.7 Å². The van der Waals surface area contributed by atoms with Crippen LogP contribution < -0.4 is 5.32 Å². The molecule has 0 aliphatic carbocycles. The van der Waals surface area contributed by atoms with Gasteiger partial charge in [0, 0.05) is 19.6 Å². The minimum Gasteiger partial charge on any atom is -0.340 e. The highest BCUT2D eigenvalue weighted by Crippen LogP contribution is 2.24. The van der Waals surface area contributed by atoms with Crippen LogP contribution in [0.2, 0.25) is 0 Å². The number of amides is 1. The van der Waals surface area contributed by atoms with Gasteiger partial charge < -0.3 is 10.2 Å². The number of hydrogen-bond acceptors (Lipinski definition) is 3. The highest BCUT2D eigenvalue weighted by molar-refractivity contribution is 7.99. The van der Waals surface area contributed by atoms with E-state index in [-0.39, 0.29) is 11.9 Å². The van der Waals surface area contributed by atoms with E-state index in [1.54, 1.807) is 0 Å². The van der Waals surface area contributed by atoms with E-state index in [4.69, 9.17) is 0 Å². The van der Waals surface area contributed by atoms with Gasteiger partial charge in [-0.3, -0.25) is 4.79 Å². The van der Waals surface area contributed by atoms with Gasteiger partial charge in [0.05, 0.1) is 6.04 Å². The Balaban J connectivity index is 1.86. The van der Waals surface area contributed by atoms with Crippen molar-refractivity contribution in [3.05, 3.63) is 0 Å². The van der Waals surface area contributed by atoms with E-state index in [1.807, 2.05) is 23.6 Å². The van der Waals surface area contributed by atoms with Crippen LogP contribution >= 0.6 is 11.8 Å². The van der Waals surface area contributed by atoms with Crippen molar-refractivity contribution in [2.45, 2.75) is 19.4 Å². The first-order valence-electron chi connectivity index (χ1n) is 5.37. The highest BCUT2D eigenvalue weighted by atomic mass is 32.2. The molecule has 2 aliphatic rings. The molecule has 2 aliphatic heterocycles. The third kappa shape index (κ3) is 2.23. The summed E-state index contributed by atoms with van der Waals surface area (Å²) in [6.45, 7) is 4.78. The number of thioether (sulfide) groups is 1. The maximum Gasteiger partial charge on any atom is 0.239 e. The largest absolute Gasteiger partial charge is 0.340 e. The molecule has 80 valence electrons. The quantitative estimate of drug-likeness (QED) is 0.729. The summed E-state index contributed by atoms with van der Waals surface area (Å²) >= 11 is 2.02. The van der Waals surface area contributed by atoms with Crippen LogP contribution in [-0.4, -0.2) is 48.0 Å². The fourth-order valence-corrected chi connectivity index (χ4v) is 3.38. The second kappa shape index (κ2) is 4.53. The average molecular weight is 214 g/mol. The number of piperazine rings is 1. The van der Waals surface area contributed by atoms with E-state index in [0.29, 0.717) is 0 Å². The Labute approximate surface area is 89.6 Å². The molecule has 2 atom stereocenters. The molecule has 0 saturated carbocycles. The molecule has 2 rings (SSSR count). The first kappa shape index (κ1) is 10.3. The zero-order chi connectivity index (χ0) is 9.97. The van der Waals surface area contributed by atoms with Crippen LogP contribution in [-0.2, 0) is 4.79 Å². The Hall–Kier alpha value is -0.220. The zero-order valence-corrected chi connectivity index (χ0v) is 9.48. The lowest BCUT2D eigenvalue weighted by molar-refractivity contribution is -0.135. The van der Waals surface area contributed by atoms with Gasteiger partial charge in [-0.15, -0.1) is 0 Å². The van der Waals surface area contributed by atoms with Gasteiger partial charge in [-0.2, -0.15) is 11.8 Å². The van der Waals surface area contributed by atoms with Gasteiger partial charge in [0.15, 0.2) is 0 Å². The fourth-order valence-electron chi connectivity index (χ4n) is 2.11. The number of carbonyl (C=O) groups excluding carboxylic acids is 1. The summed E-state index contributed by atoms with van der Waals surface area (Å²) in [7, 11) is 0. The smallest absolute Gasteiger partial charge is 0.239 e. The molecule has 2 fully saturated rings. The maximum absolute atomic E-state index is 11.8. The van der Waals surface area contributed by atoms with Crippen LogP contribution in [0.4, 0.5) is 0 Å². The van der Waals surface area contributed by atoms with Gasteiger partial charge in [-0.05, 0) is 30.8 Å². The molecule has 2 unspecified atom stereocenters. The molecule has 1 amide bonds. The maximum atomic E-state index is 11.8. The lowest BCUT2D eigenvalue weighted by Gasteiger charge is -2.33. The van der Waals surface area contributed by atoms with Crippen molar-refractivity contribution < 1.29 is 4.79 Å². The normalized spacial score (nSPS) is 33.8. The number of carbonyl (C=O) groups is 1. The summed E-state index contributed by atoms with van der Waals surface area (Å²) in [5, 5.41) is 3.19. The second-order valence-electron chi connectivity index (χ2n) is 4.19. The van der Waals surface area contributed by atoms with E-state index in [9.17, 15) is 4.79 Å². The lowest BCUT2D eigenvalue weighted by Crippen LogP contribution is -2.54. The summed E-state index contributed by atoms with van der Waals surface area (Å²) in [6.07, 6.45) is 1.29. The van der Waals surface area contributed by atoms with E-state index in [0.717, 1.165) is 25.6 Å². The van der Waals surface area contributed by atoms with Crippen molar-refractivity contribution in [1.82, 2.24) is 10.2 Å². The average Bonchev–Trinajstić information content (AvgIpc) is 2.66. The minimum absolute atomic E-state index is 0.0257. The van der Waals surface area contributed by atoms with Crippen LogP contribution in [0.5, 0.6) is 0 Å². The van der Waals surface area contributed by atoms with Gasteiger partial charge in [0.25, 0.3) is 0 Å². The van der Waals surface area contributed by atoms with Crippen molar-refractivity contribution in [1.29, 1.82) is 0 Å². The van der Waals surface area contributed by atoms with Crippen LogP contribution in [0.15, 0.2) is 0 Å². The van der Waals surface area contributed by atoms with Gasteiger partial charge >= 0.3 is 0 Å². The predicted molar refractivity (Wildman–Crippen MR) is 59.5 cm³/mol. The van der Waals surface area contributed by atoms with Gasteiger partial charge in [0.2, 0.25) is 5.91 Å². The van der Waals surface area contributed by atoms with Crippen molar-refractivity contribution in [2.24, 2.45) is 5.92 Å². The molecule has 1 N–H and O–H groups in total. The summed E-state index contributed by atoms with van der Waals surface area (Å²) in [6, 6.07) is 0.0257. The molecule has 0 aromatic rings. The molecule has 14 heavy (non-hydrogen) atoms. The molecular weight excluding hydrogens is 196 g/mol. The topological polar surface area (TPSA) is 32.3 Å². The van der Waals surface area contributed by atoms with Crippen LogP contribution in [0, 0.1) is 5.92 Å². The van der Waals surface area contributed by atoms with E-state index < -0.39 is 0 Å². The number of hydrogen-bond donors (Lipinski definition) is 1. The summed E-state index contributed by atoms with van der Waals surface area (Å²) in [4.78, 5) is 13.8. The molecule has 0 radical (unpaired) electrons. The van der Waals surface area contributed by atoms with Crippen LogP contribution in [0.1, 0.15) is 13.3 Å². The first-order chi connectivity index (χ1) is 6.77. The molecule has 0 spiro atoms. The fraction of sp³-hybridized carbons (Fsp3) is 0.900. The van der Waals surface area contributed by atoms with Gasteiger partial charge in [-0.25, -0.2) is 0 Å². The first-order valence-corrected chi connectivity index (χ1v) is 6.53.